The Kier molecular flexibility index (Phi) is 2.96. The molecule has 0 aliphatic carbocycles. The summed E-state index contributed by atoms with van der Waals surface area (Å²) in [5.41, 5.74) is 1.77. The fourth-order valence-electron chi connectivity index (χ4n) is 3.87. The maximum atomic E-state index is 12.9. The van der Waals surface area contributed by atoms with Crippen LogP contribution in [-0.4, -0.2) is 52.3 Å². The van der Waals surface area contributed by atoms with Crippen molar-refractivity contribution in [2.75, 3.05) is 13.6 Å². The van der Waals surface area contributed by atoms with Gasteiger partial charge in [0.15, 0.2) is 0 Å². The van der Waals surface area contributed by atoms with Crippen LogP contribution in [0.15, 0.2) is 30.5 Å². The van der Waals surface area contributed by atoms with Crippen LogP contribution in [0.1, 0.15) is 29.6 Å². The van der Waals surface area contributed by atoms with Crippen LogP contribution in [0.5, 0.6) is 0 Å². The summed E-state index contributed by atoms with van der Waals surface area (Å²) in [4.78, 5) is 31.6. The van der Waals surface area contributed by atoms with Crippen molar-refractivity contribution in [3.8, 4) is 0 Å². The Bertz CT molecular complexity index is 751. The predicted molar refractivity (Wildman–Crippen MR) is 83.5 cm³/mol. The number of rotatable bonds is 1. The Hall–Kier alpha value is -2.30. The highest BCUT2D eigenvalue weighted by Crippen LogP contribution is 2.31. The average molecular weight is 297 g/mol. The number of likely N-dealkylation sites (N-methyl/N-ethyl adjacent to an activating group) is 1. The molecule has 22 heavy (non-hydrogen) atoms. The van der Waals surface area contributed by atoms with E-state index >= 15 is 0 Å². The van der Waals surface area contributed by atoms with E-state index in [0.717, 1.165) is 35.9 Å². The van der Waals surface area contributed by atoms with Crippen LogP contribution in [0, 0.1) is 0 Å². The number of amides is 2. The Morgan fingerprint density at radius 1 is 1.23 bits per heavy atom. The average Bonchev–Trinajstić information content (AvgIpc) is 3.16. The number of H-pyrrole nitrogens is 1. The molecule has 1 aromatic carbocycles. The summed E-state index contributed by atoms with van der Waals surface area (Å²) in [6, 6.07) is 8.10. The fraction of sp³-hybridized carbons (Fsp3) is 0.412. The SMILES string of the molecule is CN1C(=O)CC[C@@H]2[C@H]1CCN2C(=O)c1ccc2[nH]ccc2c1. The number of aromatic amines is 1. The maximum Gasteiger partial charge on any atom is 0.254 e. The molecule has 2 aliphatic rings. The molecular formula is C17H19N3O2. The molecule has 0 unspecified atom stereocenters. The Morgan fingerprint density at radius 2 is 2.09 bits per heavy atom. The summed E-state index contributed by atoms with van der Waals surface area (Å²) in [5.74, 6) is 0.280. The first-order chi connectivity index (χ1) is 10.6. The predicted octanol–water partition coefficient (Wildman–Crippen LogP) is 2.00. The van der Waals surface area contributed by atoms with Crippen LogP contribution in [0.25, 0.3) is 10.9 Å². The van der Waals surface area contributed by atoms with Crippen LogP contribution < -0.4 is 0 Å². The topological polar surface area (TPSA) is 56.4 Å². The molecule has 3 heterocycles. The number of aromatic nitrogens is 1. The molecule has 4 rings (SSSR count). The van der Waals surface area contributed by atoms with Gasteiger partial charge in [0.1, 0.15) is 0 Å². The third-order valence-corrected chi connectivity index (χ3v) is 5.12. The molecular weight excluding hydrogens is 278 g/mol. The molecule has 0 saturated carbocycles. The van der Waals surface area contributed by atoms with E-state index in [9.17, 15) is 9.59 Å². The van der Waals surface area contributed by atoms with Gasteiger partial charge in [0.25, 0.3) is 5.91 Å². The molecule has 5 heteroatoms. The van der Waals surface area contributed by atoms with Crippen molar-refractivity contribution in [1.82, 2.24) is 14.8 Å². The fourth-order valence-corrected chi connectivity index (χ4v) is 3.87. The molecule has 2 aromatic rings. The van der Waals surface area contributed by atoms with E-state index in [2.05, 4.69) is 4.98 Å². The molecule has 2 amide bonds. The zero-order valence-corrected chi connectivity index (χ0v) is 12.6. The van der Waals surface area contributed by atoms with E-state index in [0.29, 0.717) is 6.42 Å². The molecule has 1 aromatic heterocycles. The van der Waals surface area contributed by atoms with Gasteiger partial charge in [-0.1, -0.05) is 0 Å². The number of hydrogen-bond donors (Lipinski definition) is 1. The van der Waals surface area contributed by atoms with Gasteiger partial charge in [0.05, 0.1) is 12.1 Å². The van der Waals surface area contributed by atoms with Gasteiger partial charge < -0.3 is 14.8 Å². The van der Waals surface area contributed by atoms with Crippen molar-refractivity contribution in [1.29, 1.82) is 0 Å². The van der Waals surface area contributed by atoms with Crippen molar-refractivity contribution in [2.24, 2.45) is 0 Å². The molecule has 2 fully saturated rings. The van der Waals surface area contributed by atoms with Gasteiger partial charge in [-0.25, -0.2) is 0 Å². The van der Waals surface area contributed by atoms with Crippen molar-refractivity contribution < 1.29 is 9.59 Å². The minimum atomic E-state index is 0.0818. The first-order valence-electron chi connectivity index (χ1n) is 7.79. The van der Waals surface area contributed by atoms with E-state index in [4.69, 9.17) is 0 Å². The van der Waals surface area contributed by atoms with Crippen LogP contribution in [0.4, 0.5) is 0 Å². The van der Waals surface area contributed by atoms with Crippen LogP contribution in [0.2, 0.25) is 0 Å². The quantitative estimate of drug-likeness (QED) is 0.875. The van der Waals surface area contributed by atoms with Crippen molar-refractivity contribution in [3.63, 3.8) is 0 Å². The molecule has 2 aliphatic heterocycles. The Balaban J connectivity index is 1.61. The monoisotopic (exact) mass is 297 g/mol. The number of fused-ring (bicyclic) bond motifs is 2. The zero-order chi connectivity index (χ0) is 15.3. The molecule has 0 bridgehead atoms. The van der Waals surface area contributed by atoms with Gasteiger partial charge >= 0.3 is 0 Å². The van der Waals surface area contributed by atoms with E-state index in [1.54, 1.807) is 0 Å². The lowest BCUT2D eigenvalue weighted by atomic mass is 9.96. The summed E-state index contributed by atoms with van der Waals surface area (Å²) in [6.45, 7) is 0.733. The van der Waals surface area contributed by atoms with E-state index in [1.807, 2.05) is 47.3 Å². The summed E-state index contributed by atoms with van der Waals surface area (Å²) >= 11 is 0. The minimum absolute atomic E-state index is 0.0818. The number of nitrogens with zero attached hydrogens (tertiary/aromatic N) is 2. The van der Waals surface area contributed by atoms with E-state index < -0.39 is 0 Å². The van der Waals surface area contributed by atoms with Gasteiger partial charge in [0.2, 0.25) is 5.91 Å². The van der Waals surface area contributed by atoms with Gasteiger partial charge in [-0.3, -0.25) is 9.59 Å². The summed E-state index contributed by atoms with van der Waals surface area (Å²) in [5, 5.41) is 1.05. The number of likely N-dealkylation sites (tertiary alicyclic amines) is 2. The number of carbonyl (C=O) groups is 2. The van der Waals surface area contributed by atoms with Gasteiger partial charge in [0, 0.05) is 42.7 Å². The number of carbonyl (C=O) groups excluding carboxylic acids is 2. The second kappa shape index (κ2) is 4.87. The molecule has 114 valence electrons. The first kappa shape index (κ1) is 13.4. The molecule has 0 spiro atoms. The molecule has 5 nitrogen and oxygen atoms in total. The standard InChI is InChI=1S/C17H19N3O2/c1-19-14-7-9-20(15(14)4-5-16(19)21)17(22)12-2-3-13-11(10-12)6-8-18-13/h2-3,6,8,10,14-15,18H,4-5,7,9H2,1H3/t14-,15-/m1/s1. The van der Waals surface area contributed by atoms with Crippen LogP contribution in [-0.2, 0) is 4.79 Å². The summed E-state index contributed by atoms with van der Waals surface area (Å²) in [7, 11) is 1.86. The van der Waals surface area contributed by atoms with E-state index in [-0.39, 0.29) is 23.9 Å². The third kappa shape index (κ3) is 1.92. The smallest absolute Gasteiger partial charge is 0.254 e. The highest BCUT2D eigenvalue weighted by Gasteiger charge is 2.43. The van der Waals surface area contributed by atoms with Crippen LogP contribution in [0.3, 0.4) is 0 Å². The number of nitrogens with one attached hydrogen (secondary N) is 1. The second-order valence-corrected chi connectivity index (χ2v) is 6.24. The zero-order valence-electron chi connectivity index (χ0n) is 12.6. The Morgan fingerprint density at radius 3 is 2.95 bits per heavy atom. The first-order valence-corrected chi connectivity index (χ1v) is 7.79. The number of piperidine rings is 1. The van der Waals surface area contributed by atoms with Gasteiger partial charge in [-0.2, -0.15) is 0 Å². The van der Waals surface area contributed by atoms with Crippen molar-refractivity contribution >= 4 is 22.7 Å². The van der Waals surface area contributed by atoms with Crippen molar-refractivity contribution in [3.05, 3.63) is 36.0 Å². The highest BCUT2D eigenvalue weighted by molar-refractivity contribution is 5.98. The highest BCUT2D eigenvalue weighted by atomic mass is 16.2. The lowest BCUT2D eigenvalue weighted by Gasteiger charge is -2.37. The van der Waals surface area contributed by atoms with Crippen molar-refractivity contribution in [2.45, 2.75) is 31.3 Å². The lowest BCUT2D eigenvalue weighted by molar-refractivity contribution is -0.135. The maximum absolute atomic E-state index is 12.9. The van der Waals surface area contributed by atoms with E-state index in [1.165, 1.54) is 0 Å². The molecule has 1 N–H and O–H groups in total. The third-order valence-electron chi connectivity index (χ3n) is 5.12. The summed E-state index contributed by atoms with van der Waals surface area (Å²) < 4.78 is 0. The van der Waals surface area contributed by atoms with Gasteiger partial charge in [-0.15, -0.1) is 0 Å². The normalized spacial score (nSPS) is 24.9. The summed E-state index contributed by atoms with van der Waals surface area (Å²) in [6.07, 6.45) is 4.09. The second-order valence-electron chi connectivity index (χ2n) is 6.24. The molecule has 2 atom stereocenters. The van der Waals surface area contributed by atoms with Gasteiger partial charge in [-0.05, 0) is 37.1 Å². The Labute approximate surface area is 128 Å². The van der Waals surface area contributed by atoms with Crippen LogP contribution >= 0.6 is 0 Å². The number of hydrogen-bond acceptors (Lipinski definition) is 2. The molecule has 0 radical (unpaired) electrons. The number of benzene rings is 1. The molecule has 2 saturated heterocycles. The minimum Gasteiger partial charge on any atom is -0.361 e. The largest absolute Gasteiger partial charge is 0.361 e. The lowest BCUT2D eigenvalue weighted by Crippen LogP contribution is -2.51.